The number of anilines is 2. The fourth-order valence-corrected chi connectivity index (χ4v) is 2.13. The lowest BCUT2D eigenvalue weighted by Gasteiger charge is -2.15. The molecule has 0 bridgehead atoms. The summed E-state index contributed by atoms with van der Waals surface area (Å²) in [6, 6.07) is 12.9. The maximum Gasteiger partial charge on any atom is 0.132 e. The molecule has 2 rings (SSSR count). The first-order valence-corrected chi connectivity index (χ1v) is 5.72. The monoisotopic (exact) mass is 267 g/mol. The Morgan fingerprint density at radius 2 is 1.58 bits per heavy atom. The van der Waals surface area contributed by atoms with Crippen molar-refractivity contribution in [2.24, 2.45) is 0 Å². The summed E-state index contributed by atoms with van der Waals surface area (Å²) < 4.78 is 1.67. The predicted molar refractivity (Wildman–Crippen MR) is 74.9 cm³/mol. The van der Waals surface area contributed by atoms with E-state index in [1.165, 1.54) is 4.57 Å². The van der Waals surface area contributed by atoms with Crippen LogP contribution in [0.1, 0.15) is 11.1 Å². The summed E-state index contributed by atoms with van der Waals surface area (Å²) in [6.45, 7) is 0. The zero-order chi connectivity index (χ0) is 14.0. The van der Waals surface area contributed by atoms with E-state index in [9.17, 15) is 0 Å². The molecule has 0 fully saturated rings. The number of nitrogen functional groups attached to an aromatic ring is 2. The van der Waals surface area contributed by atoms with Gasteiger partial charge in [-0.3, -0.25) is 4.57 Å². The van der Waals surface area contributed by atoms with Gasteiger partial charge in [0.05, 0.1) is 5.69 Å². The molecule has 0 radical (unpaired) electrons. The van der Waals surface area contributed by atoms with Gasteiger partial charge < -0.3 is 11.5 Å². The van der Waals surface area contributed by atoms with Crippen molar-refractivity contribution in [2.45, 2.75) is 0 Å². The summed E-state index contributed by atoms with van der Waals surface area (Å²) in [5, 5.41) is 18.2. The van der Waals surface area contributed by atoms with Gasteiger partial charge in [-0.25, -0.2) is 0 Å². The molecule has 0 saturated heterocycles. The van der Waals surface area contributed by atoms with Crippen molar-refractivity contribution in [3.05, 3.63) is 46.1 Å². The van der Waals surface area contributed by atoms with Crippen LogP contribution in [0.3, 0.4) is 0 Å². The number of pyridine rings is 1. The standard InChI is InChI=1S/C13H9N5S/c14-6-9-11(16)10(7-15)13(19)18(12(9)17)8-4-2-1-3-5-8/h1-5H,16-17H2. The number of nitriles is 2. The van der Waals surface area contributed by atoms with Gasteiger partial charge in [-0.2, -0.15) is 10.5 Å². The summed E-state index contributed by atoms with van der Waals surface area (Å²) in [5.74, 6) is 0.134. The molecule has 0 spiro atoms. The van der Waals surface area contributed by atoms with E-state index in [0.29, 0.717) is 5.69 Å². The quantitative estimate of drug-likeness (QED) is 0.770. The molecule has 4 N–H and O–H groups in total. The molecule has 2 aromatic rings. The van der Waals surface area contributed by atoms with E-state index < -0.39 is 0 Å². The Morgan fingerprint density at radius 1 is 1.00 bits per heavy atom. The van der Waals surface area contributed by atoms with Gasteiger partial charge in [-0.1, -0.05) is 30.4 Å². The van der Waals surface area contributed by atoms with Gasteiger partial charge in [0.15, 0.2) is 0 Å². The van der Waals surface area contributed by atoms with Gasteiger partial charge >= 0.3 is 0 Å². The topological polar surface area (TPSA) is 105 Å². The van der Waals surface area contributed by atoms with Crippen molar-refractivity contribution >= 4 is 23.7 Å². The summed E-state index contributed by atoms with van der Waals surface area (Å²) >= 11 is 5.23. The molecule has 6 heteroatoms. The molecule has 0 aliphatic rings. The van der Waals surface area contributed by atoms with Crippen LogP contribution in [0.5, 0.6) is 0 Å². The second kappa shape index (κ2) is 4.81. The van der Waals surface area contributed by atoms with Gasteiger partial charge in [0.1, 0.15) is 33.7 Å². The Balaban J connectivity index is 2.96. The number of nitrogens with two attached hydrogens (primary N) is 2. The highest BCUT2D eigenvalue weighted by Crippen LogP contribution is 2.27. The lowest BCUT2D eigenvalue weighted by atomic mass is 10.1. The molecular formula is C13H9N5S. The van der Waals surface area contributed by atoms with Crippen LogP contribution in [0.2, 0.25) is 0 Å². The number of benzene rings is 1. The largest absolute Gasteiger partial charge is 0.396 e. The molecule has 5 nitrogen and oxygen atoms in total. The molecule has 0 atom stereocenters. The third-order valence-electron chi connectivity index (χ3n) is 2.69. The average molecular weight is 267 g/mol. The molecule has 0 saturated carbocycles. The van der Waals surface area contributed by atoms with E-state index in [1.807, 2.05) is 30.3 Å². The Hall–Kier alpha value is -2.83. The van der Waals surface area contributed by atoms with Crippen LogP contribution in [0.25, 0.3) is 5.69 Å². The van der Waals surface area contributed by atoms with Crippen molar-refractivity contribution in [1.82, 2.24) is 4.57 Å². The summed E-state index contributed by atoms with van der Waals surface area (Å²) in [5.41, 5.74) is 12.5. The third kappa shape index (κ3) is 1.90. The maximum absolute atomic E-state index is 9.12. The lowest BCUT2D eigenvalue weighted by molar-refractivity contribution is 1.03. The number of aromatic nitrogens is 1. The minimum atomic E-state index is 0.0275. The van der Waals surface area contributed by atoms with Gasteiger partial charge in [-0.05, 0) is 12.1 Å². The third-order valence-corrected chi connectivity index (χ3v) is 3.08. The zero-order valence-electron chi connectivity index (χ0n) is 9.79. The fourth-order valence-electron chi connectivity index (χ4n) is 1.77. The molecule has 1 heterocycles. The van der Waals surface area contributed by atoms with E-state index in [-0.39, 0.29) is 27.3 Å². The fraction of sp³-hybridized carbons (Fsp3) is 0. The Morgan fingerprint density at radius 3 is 2.11 bits per heavy atom. The lowest BCUT2D eigenvalue weighted by Crippen LogP contribution is -2.12. The van der Waals surface area contributed by atoms with Gasteiger partial charge in [-0.15, -0.1) is 0 Å². The summed E-state index contributed by atoms with van der Waals surface area (Å²) in [7, 11) is 0. The van der Waals surface area contributed by atoms with Crippen LogP contribution >= 0.6 is 12.2 Å². The van der Waals surface area contributed by atoms with E-state index in [0.717, 1.165) is 0 Å². The smallest absolute Gasteiger partial charge is 0.132 e. The first-order chi connectivity index (χ1) is 9.11. The zero-order valence-corrected chi connectivity index (χ0v) is 10.6. The number of hydrogen-bond donors (Lipinski definition) is 2. The summed E-state index contributed by atoms with van der Waals surface area (Å²) in [6.07, 6.45) is 0. The Labute approximate surface area is 114 Å². The second-order valence-corrected chi connectivity index (χ2v) is 4.14. The molecular weight excluding hydrogens is 258 g/mol. The van der Waals surface area contributed by atoms with Gasteiger partial charge in [0.25, 0.3) is 0 Å². The van der Waals surface area contributed by atoms with Gasteiger partial charge in [0, 0.05) is 5.69 Å². The number of para-hydroxylation sites is 1. The van der Waals surface area contributed by atoms with Crippen LogP contribution < -0.4 is 11.5 Å². The number of nitrogens with zero attached hydrogens (tertiary/aromatic N) is 3. The molecule has 19 heavy (non-hydrogen) atoms. The van der Waals surface area contributed by atoms with Crippen LogP contribution in [0.4, 0.5) is 11.5 Å². The molecule has 0 amide bonds. The van der Waals surface area contributed by atoms with Crippen LogP contribution in [0, 0.1) is 27.3 Å². The number of rotatable bonds is 1. The minimum absolute atomic E-state index is 0.0275. The first kappa shape index (κ1) is 12.6. The number of hydrogen-bond acceptors (Lipinski definition) is 5. The highest BCUT2D eigenvalue weighted by atomic mass is 32.1. The van der Waals surface area contributed by atoms with E-state index in [2.05, 4.69) is 0 Å². The van der Waals surface area contributed by atoms with Crippen molar-refractivity contribution in [1.29, 1.82) is 10.5 Å². The van der Waals surface area contributed by atoms with Crippen LogP contribution in [-0.2, 0) is 0 Å². The van der Waals surface area contributed by atoms with Crippen molar-refractivity contribution in [3.8, 4) is 17.8 Å². The predicted octanol–water partition coefficient (Wildman–Crippen LogP) is 2.11. The van der Waals surface area contributed by atoms with E-state index >= 15 is 0 Å². The highest BCUT2D eigenvalue weighted by Gasteiger charge is 2.16. The highest BCUT2D eigenvalue weighted by molar-refractivity contribution is 7.71. The second-order valence-electron chi connectivity index (χ2n) is 3.75. The van der Waals surface area contributed by atoms with Gasteiger partial charge in [0.2, 0.25) is 0 Å². The van der Waals surface area contributed by atoms with Crippen molar-refractivity contribution in [2.75, 3.05) is 11.5 Å². The van der Waals surface area contributed by atoms with E-state index in [4.69, 9.17) is 34.2 Å². The van der Waals surface area contributed by atoms with Crippen LogP contribution in [-0.4, -0.2) is 4.57 Å². The van der Waals surface area contributed by atoms with E-state index in [1.54, 1.807) is 12.1 Å². The minimum Gasteiger partial charge on any atom is -0.396 e. The normalized spacial score (nSPS) is 9.58. The molecule has 92 valence electrons. The molecule has 1 aromatic heterocycles. The Bertz CT molecular complexity index is 778. The SMILES string of the molecule is N#Cc1c(N)c(C#N)c(=S)n(-c2ccccc2)c1N. The average Bonchev–Trinajstić information content (AvgIpc) is 2.41. The molecule has 0 aliphatic carbocycles. The van der Waals surface area contributed by atoms with Crippen LogP contribution in [0.15, 0.2) is 30.3 Å². The molecule has 1 aromatic carbocycles. The Kier molecular flexibility index (Phi) is 3.19. The molecule has 0 unspecified atom stereocenters. The maximum atomic E-state index is 9.12. The first-order valence-electron chi connectivity index (χ1n) is 5.31. The van der Waals surface area contributed by atoms with Crippen molar-refractivity contribution < 1.29 is 0 Å². The van der Waals surface area contributed by atoms with Crippen molar-refractivity contribution in [3.63, 3.8) is 0 Å². The summed E-state index contributed by atoms with van der Waals surface area (Å²) in [4.78, 5) is 0. The molecule has 0 aliphatic heterocycles.